The lowest BCUT2D eigenvalue weighted by atomic mass is 10.0. The van der Waals surface area contributed by atoms with Crippen molar-refractivity contribution >= 4 is 5.97 Å². The van der Waals surface area contributed by atoms with E-state index in [2.05, 4.69) is 13.8 Å². The maximum Gasteiger partial charge on any atom is 0.331 e. The monoisotopic (exact) mass is 605 g/mol. The predicted molar refractivity (Wildman–Crippen MR) is 193 cm³/mol. The van der Waals surface area contributed by atoms with Crippen LogP contribution in [0.3, 0.4) is 0 Å². The van der Waals surface area contributed by atoms with Crippen LogP contribution in [0.1, 0.15) is 245 Å². The first-order valence-electron chi connectivity index (χ1n) is 20.1. The molecule has 0 amide bonds. The molecule has 0 radical (unpaired) electrons. The molecule has 0 aliphatic heterocycles. The van der Waals surface area contributed by atoms with Gasteiger partial charge in [-0.15, -0.1) is 0 Å². The van der Waals surface area contributed by atoms with Crippen LogP contribution in [-0.4, -0.2) is 11.1 Å². The van der Waals surface area contributed by atoms with Crippen molar-refractivity contribution in [1.29, 1.82) is 0 Å². The Morgan fingerprint density at radius 3 is 0.860 bits per heavy atom. The summed E-state index contributed by atoms with van der Waals surface area (Å²) in [6, 6.07) is 0. The minimum absolute atomic E-state index is 0.664. The average molecular weight is 605 g/mol. The van der Waals surface area contributed by atoms with E-state index >= 15 is 0 Å². The molecule has 0 unspecified atom stereocenters. The Morgan fingerprint density at radius 1 is 0.372 bits per heavy atom. The fourth-order valence-corrected chi connectivity index (χ4v) is 6.48. The summed E-state index contributed by atoms with van der Waals surface area (Å²) in [6.07, 6.45) is 50.5. The van der Waals surface area contributed by atoms with Crippen LogP contribution in [0.25, 0.3) is 0 Å². The summed E-state index contributed by atoms with van der Waals surface area (Å²) in [6.45, 7) is 4.58. The predicted octanol–water partition coefficient (Wildman–Crippen LogP) is 15.1. The molecule has 2 nitrogen and oxygen atoms in total. The number of carboxylic acids is 1. The molecular weight excluding hydrogens is 524 g/mol. The lowest BCUT2D eigenvalue weighted by Gasteiger charge is -2.05. The van der Waals surface area contributed by atoms with Gasteiger partial charge in [0.2, 0.25) is 0 Å². The number of allylic oxidation sites excluding steroid dienone is 1. The molecule has 0 aromatic carbocycles. The van der Waals surface area contributed by atoms with Gasteiger partial charge < -0.3 is 5.11 Å². The number of rotatable bonds is 37. The van der Waals surface area contributed by atoms with Crippen LogP contribution < -0.4 is 0 Å². The fourth-order valence-electron chi connectivity index (χ4n) is 6.48. The number of unbranched alkanes of at least 4 members (excludes halogenated alkanes) is 33. The molecule has 0 aliphatic carbocycles. The maximum absolute atomic E-state index is 11.6. The Bertz CT molecular complexity index is 566. The van der Waals surface area contributed by atoms with Crippen LogP contribution in [0.15, 0.2) is 11.6 Å². The van der Waals surface area contributed by atoms with Gasteiger partial charge in [-0.1, -0.05) is 225 Å². The highest BCUT2D eigenvalue weighted by Crippen LogP contribution is 2.18. The van der Waals surface area contributed by atoms with Gasteiger partial charge >= 0.3 is 5.97 Å². The zero-order valence-electron chi connectivity index (χ0n) is 29.9. The summed E-state index contributed by atoms with van der Waals surface area (Å²) < 4.78 is 0. The molecule has 256 valence electrons. The van der Waals surface area contributed by atoms with E-state index in [4.69, 9.17) is 0 Å². The highest BCUT2D eigenvalue weighted by atomic mass is 16.4. The standard InChI is InChI=1S/C41H80O2/c1-3-5-7-9-11-13-15-17-19-21-23-25-27-29-31-33-35-37-39-40(41(42)43)38-36-34-32-30-28-26-24-22-20-18-16-14-12-10-8-6-4-2/h38H,3-37,39H2,1-2H3,(H,42,43). The Labute approximate surface area is 272 Å². The first-order chi connectivity index (χ1) is 21.2. The second kappa shape index (κ2) is 37.4. The minimum Gasteiger partial charge on any atom is -0.478 e. The summed E-state index contributed by atoms with van der Waals surface area (Å²) in [7, 11) is 0. The van der Waals surface area contributed by atoms with Crippen LogP contribution in [0.4, 0.5) is 0 Å². The summed E-state index contributed by atoms with van der Waals surface area (Å²) >= 11 is 0. The van der Waals surface area contributed by atoms with Crippen LogP contribution in [-0.2, 0) is 4.79 Å². The highest BCUT2D eigenvalue weighted by Gasteiger charge is 2.06. The van der Waals surface area contributed by atoms with Crippen LogP contribution in [0.5, 0.6) is 0 Å². The van der Waals surface area contributed by atoms with Gasteiger partial charge in [0.1, 0.15) is 0 Å². The molecule has 2 heteroatoms. The van der Waals surface area contributed by atoms with Crippen LogP contribution >= 0.6 is 0 Å². The van der Waals surface area contributed by atoms with Crippen molar-refractivity contribution in [3.05, 3.63) is 11.6 Å². The van der Waals surface area contributed by atoms with Crippen LogP contribution in [0, 0.1) is 0 Å². The second-order valence-corrected chi connectivity index (χ2v) is 13.9. The van der Waals surface area contributed by atoms with Gasteiger partial charge in [-0.25, -0.2) is 4.79 Å². The zero-order chi connectivity index (χ0) is 31.3. The molecule has 0 saturated carbocycles. The van der Waals surface area contributed by atoms with Crippen molar-refractivity contribution in [2.75, 3.05) is 0 Å². The van der Waals surface area contributed by atoms with E-state index in [1.165, 1.54) is 205 Å². The minimum atomic E-state index is -0.691. The Kier molecular flexibility index (Phi) is 36.7. The summed E-state index contributed by atoms with van der Waals surface area (Å²) in [5, 5.41) is 9.58. The van der Waals surface area contributed by atoms with Crippen molar-refractivity contribution in [2.45, 2.75) is 245 Å². The number of carboxylic acid groups (broad SMARTS) is 1. The lowest BCUT2D eigenvalue weighted by Crippen LogP contribution is -2.00. The lowest BCUT2D eigenvalue weighted by molar-refractivity contribution is -0.132. The maximum atomic E-state index is 11.6. The van der Waals surface area contributed by atoms with Gasteiger partial charge in [0, 0.05) is 5.57 Å². The van der Waals surface area contributed by atoms with Crippen molar-refractivity contribution < 1.29 is 9.90 Å². The van der Waals surface area contributed by atoms with Gasteiger partial charge in [0.15, 0.2) is 0 Å². The van der Waals surface area contributed by atoms with Crippen molar-refractivity contribution in [1.82, 2.24) is 0 Å². The molecule has 1 N–H and O–H groups in total. The zero-order valence-corrected chi connectivity index (χ0v) is 29.9. The van der Waals surface area contributed by atoms with Gasteiger partial charge in [0.25, 0.3) is 0 Å². The molecule has 0 fully saturated rings. The van der Waals surface area contributed by atoms with Gasteiger partial charge in [-0.05, 0) is 25.7 Å². The van der Waals surface area contributed by atoms with E-state index in [1.807, 2.05) is 6.08 Å². The number of hydrogen-bond acceptors (Lipinski definition) is 1. The molecule has 0 heterocycles. The van der Waals surface area contributed by atoms with E-state index in [-0.39, 0.29) is 0 Å². The Balaban J connectivity index is 3.43. The normalized spacial score (nSPS) is 11.9. The summed E-state index contributed by atoms with van der Waals surface area (Å²) in [5.41, 5.74) is 0.664. The first-order valence-corrected chi connectivity index (χ1v) is 20.1. The Hall–Kier alpha value is -0.790. The molecule has 0 aliphatic rings. The molecule has 0 saturated heterocycles. The van der Waals surface area contributed by atoms with Crippen molar-refractivity contribution in [3.63, 3.8) is 0 Å². The second-order valence-electron chi connectivity index (χ2n) is 13.9. The quantitative estimate of drug-likeness (QED) is 0.0565. The number of aliphatic carboxylic acids is 1. The van der Waals surface area contributed by atoms with E-state index in [0.29, 0.717) is 5.57 Å². The molecule has 43 heavy (non-hydrogen) atoms. The SMILES string of the molecule is CCCCCCCCCCCCCCCCCCC=C(CCCCCCCCCCCCCCCCCCCC)C(=O)O. The highest BCUT2D eigenvalue weighted by molar-refractivity contribution is 5.86. The molecule has 0 bridgehead atoms. The fraction of sp³-hybridized carbons (Fsp3) is 0.927. The largest absolute Gasteiger partial charge is 0.478 e. The third kappa shape index (κ3) is 35.6. The molecule has 0 spiro atoms. The third-order valence-electron chi connectivity index (χ3n) is 9.52. The van der Waals surface area contributed by atoms with E-state index in [0.717, 1.165) is 25.7 Å². The van der Waals surface area contributed by atoms with Crippen molar-refractivity contribution in [3.8, 4) is 0 Å². The van der Waals surface area contributed by atoms with Gasteiger partial charge in [0.05, 0.1) is 0 Å². The van der Waals surface area contributed by atoms with Crippen LogP contribution in [0.2, 0.25) is 0 Å². The summed E-state index contributed by atoms with van der Waals surface area (Å²) in [4.78, 5) is 11.6. The topological polar surface area (TPSA) is 37.3 Å². The van der Waals surface area contributed by atoms with E-state index in [1.54, 1.807) is 0 Å². The summed E-state index contributed by atoms with van der Waals surface area (Å²) in [5.74, 6) is -0.691. The third-order valence-corrected chi connectivity index (χ3v) is 9.52. The molecule has 0 aromatic rings. The number of carbonyl (C=O) groups is 1. The van der Waals surface area contributed by atoms with E-state index in [9.17, 15) is 9.90 Å². The number of hydrogen-bond donors (Lipinski definition) is 1. The van der Waals surface area contributed by atoms with Gasteiger partial charge in [-0.3, -0.25) is 0 Å². The van der Waals surface area contributed by atoms with Crippen molar-refractivity contribution in [2.24, 2.45) is 0 Å². The van der Waals surface area contributed by atoms with Gasteiger partial charge in [-0.2, -0.15) is 0 Å². The molecule has 0 aromatic heterocycles. The average Bonchev–Trinajstić information content (AvgIpc) is 3.00. The molecule has 0 rings (SSSR count). The molecular formula is C41H80O2. The smallest absolute Gasteiger partial charge is 0.331 e. The van der Waals surface area contributed by atoms with E-state index < -0.39 is 5.97 Å². The Morgan fingerprint density at radius 2 is 0.605 bits per heavy atom. The first kappa shape index (κ1) is 42.2. The molecule has 0 atom stereocenters.